The van der Waals surface area contributed by atoms with Gasteiger partial charge in [-0.3, -0.25) is 0 Å². The number of methoxy groups -OCH3 is 2. The van der Waals surface area contributed by atoms with Crippen molar-refractivity contribution in [3.8, 4) is 11.5 Å². The molecule has 1 aromatic rings. The molecule has 1 fully saturated rings. The average Bonchev–Trinajstić information content (AvgIpc) is 3.26. The van der Waals surface area contributed by atoms with Gasteiger partial charge in [0, 0.05) is 20.2 Å². The van der Waals surface area contributed by atoms with Gasteiger partial charge in [0.1, 0.15) is 0 Å². The Labute approximate surface area is 115 Å². The summed E-state index contributed by atoms with van der Waals surface area (Å²) in [6.07, 6.45) is 2.59. The van der Waals surface area contributed by atoms with Gasteiger partial charge in [0.2, 0.25) is 0 Å². The van der Waals surface area contributed by atoms with Crippen molar-refractivity contribution in [2.75, 3.05) is 34.0 Å². The molecule has 106 valence electrons. The summed E-state index contributed by atoms with van der Waals surface area (Å²) in [5.41, 5.74) is 1.19. The number of ether oxygens (including phenoxy) is 3. The van der Waals surface area contributed by atoms with E-state index in [2.05, 4.69) is 11.4 Å². The number of rotatable bonds is 9. The van der Waals surface area contributed by atoms with E-state index in [0.29, 0.717) is 0 Å². The molecule has 1 N–H and O–H groups in total. The second kappa shape index (κ2) is 7.36. The van der Waals surface area contributed by atoms with E-state index >= 15 is 0 Å². The summed E-state index contributed by atoms with van der Waals surface area (Å²) in [6.45, 7) is 3.18. The van der Waals surface area contributed by atoms with Crippen molar-refractivity contribution in [3.63, 3.8) is 0 Å². The summed E-state index contributed by atoms with van der Waals surface area (Å²) < 4.78 is 16.2. The highest BCUT2D eigenvalue weighted by Gasteiger charge is 2.22. The normalized spacial score (nSPS) is 14.4. The SMILES string of the molecule is COCCNCc1ccc(OCC2CC2)c(OC)c1. The van der Waals surface area contributed by atoms with Gasteiger partial charge in [-0.05, 0) is 36.5 Å². The molecule has 0 radical (unpaired) electrons. The van der Waals surface area contributed by atoms with Crippen LogP contribution < -0.4 is 14.8 Å². The Morgan fingerprint density at radius 2 is 2.05 bits per heavy atom. The van der Waals surface area contributed by atoms with Gasteiger partial charge in [-0.15, -0.1) is 0 Å². The van der Waals surface area contributed by atoms with Gasteiger partial charge in [0.05, 0.1) is 20.3 Å². The zero-order valence-corrected chi connectivity index (χ0v) is 11.8. The molecule has 0 unspecified atom stereocenters. The van der Waals surface area contributed by atoms with Crippen LogP contribution in [-0.4, -0.2) is 34.0 Å². The molecule has 0 aliphatic heterocycles. The number of hydrogen-bond donors (Lipinski definition) is 1. The lowest BCUT2D eigenvalue weighted by Crippen LogP contribution is -2.18. The highest BCUT2D eigenvalue weighted by atomic mass is 16.5. The number of hydrogen-bond acceptors (Lipinski definition) is 4. The molecule has 19 heavy (non-hydrogen) atoms. The molecule has 0 heterocycles. The topological polar surface area (TPSA) is 39.7 Å². The highest BCUT2D eigenvalue weighted by molar-refractivity contribution is 5.43. The molecule has 4 heteroatoms. The van der Waals surface area contributed by atoms with E-state index in [1.54, 1.807) is 14.2 Å². The Hall–Kier alpha value is -1.26. The fourth-order valence-corrected chi connectivity index (χ4v) is 1.84. The van der Waals surface area contributed by atoms with Crippen LogP contribution in [0.4, 0.5) is 0 Å². The van der Waals surface area contributed by atoms with Crippen LogP contribution in [0.15, 0.2) is 18.2 Å². The van der Waals surface area contributed by atoms with E-state index in [1.807, 2.05) is 12.1 Å². The van der Waals surface area contributed by atoms with Crippen molar-refractivity contribution < 1.29 is 14.2 Å². The van der Waals surface area contributed by atoms with E-state index in [4.69, 9.17) is 14.2 Å². The summed E-state index contributed by atoms with van der Waals surface area (Å²) in [7, 11) is 3.39. The minimum atomic E-state index is 0.722. The molecule has 0 saturated heterocycles. The molecule has 1 aromatic carbocycles. The lowest BCUT2D eigenvalue weighted by Gasteiger charge is -2.12. The van der Waals surface area contributed by atoms with Gasteiger partial charge < -0.3 is 19.5 Å². The quantitative estimate of drug-likeness (QED) is 0.695. The van der Waals surface area contributed by atoms with Crippen LogP contribution in [0.2, 0.25) is 0 Å². The predicted molar refractivity (Wildman–Crippen MR) is 74.8 cm³/mol. The summed E-state index contributed by atoms with van der Waals surface area (Å²) >= 11 is 0. The minimum absolute atomic E-state index is 0.722. The third kappa shape index (κ3) is 4.73. The van der Waals surface area contributed by atoms with Crippen LogP contribution in [0, 0.1) is 5.92 Å². The lowest BCUT2D eigenvalue weighted by molar-refractivity contribution is 0.199. The van der Waals surface area contributed by atoms with E-state index in [-0.39, 0.29) is 0 Å². The largest absolute Gasteiger partial charge is 0.493 e. The number of benzene rings is 1. The van der Waals surface area contributed by atoms with Crippen molar-refractivity contribution in [2.24, 2.45) is 5.92 Å². The van der Waals surface area contributed by atoms with Crippen LogP contribution in [0.5, 0.6) is 11.5 Å². The van der Waals surface area contributed by atoms with Crippen molar-refractivity contribution in [3.05, 3.63) is 23.8 Å². The van der Waals surface area contributed by atoms with Crippen LogP contribution >= 0.6 is 0 Å². The smallest absolute Gasteiger partial charge is 0.161 e. The first kappa shape index (κ1) is 14.2. The van der Waals surface area contributed by atoms with Crippen molar-refractivity contribution in [1.29, 1.82) is 0 Å². The maximum absolute atomic E-state index is 5.78. The van der Waals surface area contributed by atoms with E-state index in [9.17, 15) is 0 Å². The first-order valence-corrected chi connectivity index (χ1v) is 6.83. The summed E-state index contributed by atoms with van der Waals surface area (Å²) in [4.78, 5) is 0. The Kier molecular flexibility index (Phi) is 5.48. The fourth-order valence-electron chi connectivity index (χ4n) is 1.84. The molecule has 1 aliphatic rings. The van der Waals surface area contributed by atoms with Gasteiger partial charge in [0.15, 0.2) is 11.5 Å². The first-order valence-electron chi connectivity index (χ1n) is 6.83. The first-order chi connectivity index (χ1) is 9.33. The zero-order valence-electron chi connectivity index (χ0n) is 11.8. The molecule has 1 saturated carbocycles. The zero-order chi connectivity index (χ0) is 13.5. The van der Waals surface area contributed by atoms with Gasteiger partial charge >= 0.3 is 0 Å². The molecule has 0 amide bonds. The van der Waals surface area contributed by atoms with E-state index in [1.165, 1.54) is 18.4 Å². The fraction of sp³-hybridized carbons (Fsp3) is 0.600. The van der Waals surface area contributed by atoms with Gasteiger partial charge in [-0.1, -0.05) is 6.07 Å². The molecule has 4 nitrogen and oxygen atoms in total. The molecule has 0 spiro atoms. The second-order valence-electron chi connectivity index (χ2n) is 4.91. The molecule has 0 bridgehead atoms. The summed E-state index contributed by atoms with van der Waals surface area (Å²) in [5.74, 6) is 2.40. The Morgan fingerprint density at radius 1 is 1.21 bits per heavy atom. The molecule has 1 aliphatic carbocycles. The third-order valence-electron chi connectivity index (χ3n) is 3.21. The molecule has 2 rings (SSSR count). The Balaban J connectivity index is 1.86. The molecule has 0 atom stereocenters. The molecular weight excluding hydrogens is 242 g/mol. The standard InChI is InChI=1S/C15H23NO3/c1-17-8-7-16-10-13-5-6-14(15(9-13)18-2)19-11-12-3-4-12/h5-6,9,12,16H,3-4,7-8,10-11H2,1-2H3. The lowest BCUT2D eigenvalue weighted by atomic mass is 10.2. The van der Waals surface area contributed by atoms with Crippen molar-refractivity contribution >= 4 is 0 Å². The molecular formula is C15H23NO3. The van der Waals surface area contributed by atoms with Crippen LogP contribution in [0.3, 0.4) is 0 Å². The minimum Gasteiger partial charge on any atom is -0.493 e. The number of nitrogens with one attached hydrogen (secondary N) is 1. The molecule has 0 aromatic heterocycles. The summed E-state index contributed by atoms with van der Waals surface area (Å²) in [5, 5.41) is 3.31. The van der Waals surface area contributed by atoms with Gasteiger partial charge in [-0.25, -0.2) is 0 Å². The maximum Gasteiger partial charge on any atom is 0.161 e. The van der Waals surface area contributed by atoms with E-state index in [0.717, 1.165) is 43.7 Å². The van der Waals surface area contributed by atoms with Crippen molar-refractivity contribution in [1.82, 2.24) is 5.32 Å². The Morgan fingerprint density at radius 3 is 2.74 bits per heavy atom. The van der Waals surface area contributed by atoms with Gasteiger partial charge in [-0.2, -0.15) is 0 Å². The van der Waals surface area contributed by atoms with Crippen molar-refractivity contribution in [2.45, 2.75) is 19.4 Å². The van der Waals surface area contributed by atoms with E-state index < -0.39 is 0 Å². The predicted octanol–water partition coefficient (Wildman–Crippen LogP) is 2.22. The van der Waals surface area contributed by atoms with Crippen LogP contribution in [0.1, 0.15) is 18.4 Å². The van der Waals surface area contributed by atoms with Crippen LogP contribution in [-0.2, 0) is 11.3 Å². The van der Waals surface area contributed by atoms with Gasteiger partial charge in [0.25, 0.3) is 0 Å². The maximum atomic E-state index is 5.78. The second-order valence-corrected chi connectivity index (χ2v) is 4.91. The van der Waals surface area contributed by atoms with Crippen LogP contribution in [0.25, 0.3) is 0 Å². The average molecular weight is 265 g/mol. The summed E-state index contributed by atoms with van der Waals surface area (Å²) in [6, 6.07) is 6.10. The Bertz CT molecular complexity index is 391. The highest BCUT2D eigenvalue weighted by Crippen LogP contribution is 2.33. The third-order valence-corrected chi connectivity index (χ3v) is 3.21. The monoisotopic (exact) mass is 265 g/mol.